The average molecular weight is 585 g/mol. The first-order valence-electron chi connectivity index (χ1n) is 14.7. The second kappa shape index (κ2) is 11.8. The summed E-state index contributed by atoms with van der Waals surface area (Å²) in [6.45, 7) is 15.1. The molecule has 4 rings (SSSR count). The van der Waals surface area contributed by atoms with Crippen LogP contribution in [-0.2, 0) is 9.47 Å². The number of halogens is 1. The number of allylic oxidation sites excluding steroid dienone is 1. The van der Waals surface area contributed by atoms with E-state index in [-0.39, 0.29) is 0 Å². The molecule has 0 saturated heterocycles. The largest absolute Gasteiger partial charge is 0.378 e. The molecule has 0 radical (unpaired) electrons. The van der Waals surface area contributed by atoms with Crippen LogP contribution in [0.1, 0.15) is 105 Å². The van der Waals surface area contributed by atoms with Crippen LogP contribution < -0.4 is 0 Å². The lowest BCUT2D eigenvalue weighted by Crippen LogP contribution is -2.51. The smallest absolute Gasteiger partial charge is 0.0704 e. The molecule has 3 saturated carbocycles. The molecule has 4 aliphatic carbocycles. The summed E-state index contributed by atoms with van der Waals surface area (Å²) in [7, 11) is 0. The van der Waals surface area contributed by atoms with Gasteiger partial charge < -0.3 is 9.47 Å². The van der Waals surface area contributed by atoms with Crippen molar-refractivity contribution in [3.8, 4) is 0 Å². The summed E-state index contributed by atoms with van der Waals surface area (Å²) in [4.78, 5) is 0. The van der Waals surface area contributed by atoms with Crippen LogP contribution in [0.2, 0.25) is 0 Å². The molecule has 8 atom stereocenters. The maximum atomic E-state index is 6.26. The third-order valence-electron chi connectivity index (χ3n) is 11.1. The zero-order valence-corrected chi connectivity index (χ0v) is 25.1. The van der Waals surface area contributed by atoms with E-state index in [1.807, 2.05) is 0 Å². The topological polar surface area (TPSA) is 18.5 Å². The molecule has 0 aliphatic heterocycles. The Morgan fingerprint density at radius 2 is 1.79 bits per heavy atom. The highest BCUT2D eigenvalue weighted by atomic mass is 127. The van der Waals surface area contributed by atoms with E-state index in [9.17, 15) is 0 Å². The zero-order chi connectivity index (χ0) is 24.3. The summed E-state index contributed by atoms with van der Waals surface area (Å²) < 4.78 is 13.0. The van der Waals surface area contributed by atoms with Crippen LogP contribution >= 0.6 is 22.6 Å². The lowest BCUT2D eigenvalue weighted by Gasteiger charge is -2.58. The van der Waals surface area contributed by atoms with Gasteiger partial charge in [-0.15, -0.1) is 0 Å². The van der Waals surface area contributed by atoms with Gasteiger partial charge in [0, 0.05) is 4.43 Å². The van der Waals surface area contributed by atoms with Crippen LogP contribution in [0, 0.1) is 46.3 Å². The first-order chi connectivity index (χ1) is 16.3. The van der Waals surface area contributed by atoms with Gasteiger partial charge >= 0.3 is 0 Å². The number of rotatable bonds is 11. The van der Waals surface area contributed by atoms with Crippen LogP contribution in [0.4, 0.5) is 0 Å². The van der Waals surface area contributed by atoms with Crippen molar-refractivity contribution in [1.29, 1.82) is 0 Å². The maximum Gasteiger partial charge on any atom is 0.0704 e. The van der Waals surface area contributed by atoms with E-state index >= 15 is 0 Å². The van der Waals surface area contributed by atoms with Gasteiger partial charge in [0.15, 0.2) is 0 Å². The van der Waals surface area contributed by atoms with Gasteiger partial charge in [0.05, 0.1) is 25.9 Å². The van der Waals surface area contributed by atoms with Crippen molar-refractivity contribution < 1.29 is 9.47 Å². The van der Waals surface area contributed by atoms with E-state index in [4.69, 9.17) is 9.47 Å². The van der Waals surface area contributed by atoms with Crippen molar-refractivity contribution in [2.45, 2.75) is 111 Å². The molecule has 0 aromatic heterocycles. The molecule has 3 heteroatoms. The van der Waals surface area contributed by atoms with E-state index in [2.05, 4.69) is 63.3 Å². The van der Waals surface area contributed by atoms with Crippen molar-refractivity contribution in [2.24, 2.45) is 46.3 Å². The van der Waals surface area contributed by atoms with Gasteiger partial charge in [0.2, 0.25) is 0 Å². The van der Waals surface area contributed by atoms with Crippen molar-refractivity contribution in [1.82, 2.24) is 0 Å². The second-order valence-electron chi connectivity index (χ2n) is 13.3. The van der Waals surface area contributed by atoms with Crippen LogP contribution in [0.25, 0.3) is 0 Å². The number of hydrogen-bond acceptors (Lipinski definition) is 2. The van der Waals surface area contributed by atoms with Gasteiger partial charge in [-0.1, -0.05) is 88.1 Å². The molecule has 34 heavy (non-hydrogen) atoms. The van der Waals surface area contributed by atoms with Gasteiger partial charge in [-0.3, -0.25) is 0 Å². The molecule has 4 aliphatic rings. The van der Waals surface area contributed by atoms with Gasteiger partial charge in [-0.05, 0) is 97.7 Å². The van der Waals surface area contributed by atoms with E-state index in [1.165, 1.54) is 70.6 Å². The fraction of sp³-hybridized carbons (Fsp3) is 0.935. The quantitative estimate of drug-likeness (QED) is 0.105. The molecule has 0 aromatic carbocycles. The molecule has 0 spiro atoms. The Morgan fingerprint density at radius 3 is 2.56 bits per heavy atom. The molecule has 0 bridgehead atoms. The highest BCUT2D eigenvalue weighted by molar-refractivity contribution is 14.1. The fourth-order valence-electron chi connectivity index (χ4n) is 9.22. The van der Waals surface area contributed by atoms with E-state index in [1.54, 1.807) is 5.57 Å². The summed E-state index contributed by atoms with van der Waals surface area (Å²) >= 11 is 2.37. The lowest BCUT2D eigenvalue weighted by molar-refractivity contribution is -0.0674. The van der Waals surface area contributed by atoms with Gasteiger partial charge in [0.1, 0.15) is 0 Å². The normalized spacial score (nSPS) is 40.4. The SMILES string of the molecule is CC(C)CCC[C@@H](C)[C@H]1CC[C@H]2[C@@H]3CC=C4CC(OCCOCCI)CC[C@]4(C)[C@H]3CC[C@]12C. The predicted octanol–water partition coefficient (Wildman–Crippen LogP) is 8.86. The van der Waals surface area contributed by atoms with Gasteiger partial charge in [-0.25, -0.2) is 0 Å². The standard InChI is InChI=1S/C31H53IO2/c1-22(2)7-6-8-23(3)27-11-12-28-26-10-9-24-21-25(34-20-19-33-18-17-32)13-15-30(24,4)29(26)14-16-31(27,28)5/h9,22-23,25-29H,6-8,10-21H2,1-5H3/t23-,25?,26+,27-,28+,29+,30+,31-/m1/s1. The molecule has 196 valence electrons. The van der Waals surface area contributed by atoms with Crippen LogP contribution in [0.15, 0.2) is 11.6 Å². The lowest BCUT2D eigenvalue weighted by atomic mass is 9.47. The average Bonchev–Trinajstić information content (AvgIpc) is 3.16. The van der Waals surface area contributed by atoms with Gasteiger partial charge in [-0.2, -0.15) is 0 Å². The Bertz CT molecular complexity index is 689. The Balaban J connectivity index is 1.37. The molecular formula is C31H53IO2. The van der Waals surface area contributed by atoms with Crippen LogP contribution in [0.5, 0.6) is 0 Å². The third-order valence-corrected chi connectivity index (χ3v) is 11.5. The summed E-state index contributed by atoms with van der Waals surface area (Å²) in [6.07, 6.45) is 18.4. The minimum atomic E-state index is 0.412. The molecule has 0 amide bonds. The van der Waals surface area contributed by atoms with Crippen LogP contribution in [0.3, 0.4) is 0 Å². The maximum absolute atomic E-state index is 6.26. The summed E-state index contributed by atoms with van der Waals surface area (Å²) in [5, 5.41) is 0. The fourth-order valence-corrected chi connectivity index (χ4v) is 9.54. The van der Waals surface area contributed by atoms with E-state index in [0.717, 1.165) is 59.8 Å². The molecule has 3 fully saturated rings. The summed E-state index contributed by atoms with van der Waals surface area (Å²) in [5.41, 5.74) is 2.78. The van der Waals surface area contributed by atoms with Crippen LogP contribution in [-0.4, -0.2) is 30.4 Å². The number of ether oxygens (including phenoxy) is 2. The highest BCUT2D eigenvalue weighted by Crippen LogP contribution is 2.67. The Labute approximate surface area is 224 Å². The first-order valence-corrected chi connectivity index (χ1v) is 16.3. The number of hydrogen-bond donors (Lipinski definition) is 0. The molecule has 0 aromatic rings. The van der Waals surface area contributed by atoms with E-state index in [0.29, 0.717) is 16.9 Å². The minimum absolute atomic E-state index is 0.412. The van der Waals surface area contributed by atoms with Crippen molar-refractivity contribution in [3.63, 3.8) is 0 Å². The molecule has 0 heterocycles. The molecule has 2 nitrogen and oxygen atoms in total. The summed E-state index contributed by atoms with van der Waals surface area (Å²) in [5.74, 6) is 5.52. The van der Waals surface area contributed by atoms with Gasteiger partial charge in [0.25, 0.3) is 0 Å². The Morgan fingerprint density at radius 1 is 0.971 bits per heavy atom. The molecular weight excluding hydrogens is 531 g/mol. The Kier molecular flexibility index (Phi) is 9.55. The second-order valence-corrected chi connectivity index (χ2v) is 14.4. The monoisotopic (exact) mass is 584 g/mol. The summed E-state index contributed by atoms with van der Waals surface area (Å²) in [6, 6.07) is 0. The molecule has 1 unspecified atom stereocenters. The van der Waals surface area contributed by atoms with E-state index < -0.39 is 0 Å². The zero-order valence-electron chi connectivity index (χ0n) is 22.9. The highest BCUT2D eigenvalue weighted by Gasteiger charge is 2.59. The van der Waals surface area contributed by atoms with Crippen molar-refractivity contribution in [3.05, 3.63) is 11.6 Å². The minimum Gasteiger partial charge on any atom is -0.378 e. The Hall–Kier alpha value is 0.390. The first kappa shape index (κ1) is 27.4. The van der Waals surface area contributed by atoms with Crippen molar-refractivity contribution in [2.75, 3.05) is 24.2 Å². The van der Waals surface area contributed by atoms with Crippen molar-refractivity contribution >= 4 is 22.6 Å². The third kappa shape index (κ3) is 5.62. The number of fused-ring (bicyclic) bond motifs is 5. The molecule has 0 N–H and O–H groups in total. The number of alkyl halides is 1. The predicted molar refractivity (Wildman–Crippen MR) is 152 cm³/mol.